The highest BCUT2D eigenvalue weighted by Gasteiger charge is 2.45. The molecule has 0 bridgehead atoms. The normalized spacial score (nSPS) is 23.2. The van der Waals surface area contributed by atoms with Crippen LogP contribution in [0.25, 0.3) is 0 Å². The minimum absolute atomic E-state index is 0.104. The number of amides is 1. The Hall–Kier alpha value is -1.02. The zero-order valence-corrected chi connectivity index (χ0v) is 12.6. The van der Waals surface area contributed by atoms with E-state index in [0.29, 0.717) is 11.8 Å². The summed E-state index contributed by atoms with van der Waals surface area (Å²) in [7, 11) is 0. The maximum atomic E-state index is 12.2. The lowest BCUT2D eigenvalue weighted by atomic mass is 10.0. The number of carbonyl (C=O) groups is 1. The molecule has 104 valence electrons. The Morgan fingerprint density at radius 3 is 2.68 bits per heavy atom. The van der Waals surface area contributed by atoms with Crippen LogP contribution < -0.4 is 5.32 Å². The molecule has 0 saturated heterocycles. The van der Waals surface area contributed by atoms with Gasteiger partial charge in [-0.05, 0) is 36.3 Å². The van der Waals surface area contributed by atoms with Crippen LogP contribution in [0.3, 0.4) is 0 Å². The highest BCUT2D eigenvalue weighted by atomic mass is 35.5. The van der Waals surface area contributed by atoms with Crippen molar-refractivity contribution in [1.29, 1.82) is 0 Å². The molecule has 0 aromatic heterocycles. The van der Waals surface area contributed by atoms with Crippen molar-refractivity contribution in [2.24, 2.45) is 11.8 Å². The van der Waals surface area contributed by atoms with Gasteiger partial charge < -0.3 is 5.32 Å². The van der Waals surface area contributed by atoms with Gasteiger partial charge >= 0.3 is 0 Å². The van der Waals surface area contributed by atoms with E-state index in [1.165, 1.54) is 0 Å². The van der Waals surface area contributed by atoms with Crippen molar-refractivity contribution in [2.45, 2.75) is 45.6 Å². The standard InChI is InChI=1S/C16H22ClNO/c1-4-15(10(2)3)18-16(19)13-9-12(13)11-7-5-6-8-14(11)17/h5-8,10,12-13,15H,4,9H2,1-3H3,(H,18,19). The summed E-state index contributed by atoms with van der Waals surface area (Å²) in [6.07, 6.45) is 1.90. The van der Waals surface area contributed by atoms with Crippen LogP contribution in [0.2, 0.25) is 5.02 Å². The first-order valence-corrected chi connectivity index (χ1v) is 7.47. The highest BCUT2D eigenvalue weighted by Crippen LogP contribution is 2.49. The molecule has 1 amide bonds. The van der Waals surface area contributed by atoms with Gasteiger partial charge in [-0.15, -0.1) is 0 Å². The Kier molecular flexibility index (Phi) is 4.51. The molecule has 2 nitrogen and oxygen atoms in total. The van der Waals surface area contributed by atoms with Gasteiger partial charge in [0.05, 0.1) is 0 Å². The lowest BCUT2D eigenvalue weighted by Crippen LogP contribution is -2.39. The SMILES string of the molecule is CCC(NC(=O)C1CC1c1ccccc1Cl)C(C)C. The van der Waals surface area contributed by atoms with Gasteiger partial charge in [-0.3, -0.25) is 4.79 Å². The summed E-state index contributed by atoms with van der Waals surface area (Å²) in [5.74, 6) is 1.07. The third-order valence-electron chi connectivity index (χ3n) is 4.00. The van der Waals surface area contributed by atoms with E-state index in [9.17, 15) is 4.79 Å². The number of halogens is 1. The summed E-state index contributed by atoms with van der Waals surface area (Å²) in [4.78, 5) is 12.2. The van der Waals surface area contributed by atoms with Gasteiger partial charge in [-0.2, -0.15) is 0 Å². The third kappa shape index (κ3) is 3.30. The Balaban J connectivity index is 1.96. The van der Waals surface area contributed by atoms with Gasteiger partial charge in [-0.25, -0.2) is 0 Å². The predicted molar refractivity (Wildman–Crippen MR) is 79.4 cm³/mol. The Bertz CT molecular complexity index is 458. The molecule has 19 heavy (non-hydrogen) atoms. The molecular formula is C16H22ClNO. The van der Waals surface area contributed by atoms with Crippen LogP contribution in [0.5, 0.6) is 0 Å². The van der Waals surface area contributed by atoms with E-state index >= 15 is 0 Å². The molecule has 1 aliphatic rings. The molecular weight excluding hydrogens is 258 g/mol. The van der Waals surface area contributed by atoms with Crippen molar-refractivity contribution in [2.75, 3.05) is 0 Å². The van der Waals surface area contributed by atoms with Crippen molar-refractivity contribution in [3.63, 3.8) is 0 Å². The number of rotatable bonds is 5. The summed E-state index contributed by atoms with van der Waals surface area (Å²) < 4.78 is 0. The summed E-state index contributed by atoms with van der Waals surface area (Å²) in [6, 6.07) is 8.11. The largest absolute Gasteiger partial charge is 0.353 e. The van der Waals surface area contributed by atoms with Crippen LogP contribution >= 0.6 is 11.6 Å². The summed E-state index contributed by atoms with van der Waals surface area (Å²) in [5.41, 5.74) is 1.11. The zero-order chi connectivity index (χ0) is 14.0. The van der Waals surface area contributed by atoms with Gasteiger partial charge in [0.25, 0.3) is 0 Å². The van der Waals surface area contributed by atoms with Crippen LogP contribution in [-0.2, 0) is 4.79 Å². The monoisotopic (exact) mass is 279 g/mol. The molecule has 1 N–H and O–H groups in total. The molecule has 3 atom stereocenters. The van der Waals surface area contributed by atoms with Gasteiger partial charge in [0, 0.05) is 17.0 Å². The highest BCUT2D eigenvalue weighted by molar-refractivity contribution is 6.31. The lowest BCUT2D eigenvalue weighted by molar-refractivity contribution is -0.123. The molecule has 3 heteroatoms. The fourth-order valence-corrected chi connectivity index (χ4v) is 2.91. The van der Waals surface area contributed by atoms with Crippen molar-refractivity contribution < 1.29 is 4.79 Å². The molecule has 0 spiro atoms. The quantitative estimate of drug-likeness (QED) is 0.867. The molecule has 1 aromatic carbocycles. The number of benzene rings is 1. The minimum atomic E-state index is 0.104. The van der Waals surface area contributed by atoms with Crippen molar-refractivity contribution in [3.8, 4) is 0 Å². The molecule has 0 radical (unpaired) electrons. The van der Waals surface area contributed by atoms with Crippen LogP contribution in [0, 0.1) is 11.8 Å². The fraction of sp³-hybridized carbons (Fsp3) is 0.562. The summed E-state index contributed by atoms with van der Waals surface area (Å²) in [6.45, 7) is 6.41. The lowest BCUT2D eigenvalue weighted by Gasteiger charge is -2.20. The van der Waals surface area contributed by atoms with E-state index in [4.69, 9.17) is 11.6 Å². The van der Waals surface area contributed by atoms with Crippen molar-refractivity contribution in [3.05, 3.63) is 34.9 Å². The first kappa shape index (κ1) is 14.4. The van der Waals surface area contributed by atoms with Gasteiger partial charge in [0.1, 0.15) is 0 Å². The number of nitrogens with one attached hydrogen (secondary N) is 1. The molecule has 1 aliphatic carbocycles. The average molecular weight is 280 g/mol. The van der Waals surface area contributed by atoms with Crippen LogP contribution in [0.4, 0.5) is 0 Å². The Labute approximate surface area is 120 Å². The van der Waals surface area contributed by atoms with Crippen molar-refractivity contribution in [1.82, 2.24) is 5.32 Å². The third-order valence-corrected chi connectivity index (χ3v) is 4.35. The van der Waals surface area contributed by atoms with Crippen LogP contribution in [0.1, 0.15) is 45.1 Å². The minimum Gasteiger partial charge on any atom is -0.353 e. The Morgan fingerprint density at radius 1 is 1.42 bits per heavy atom. The second-order valence-electron chi connectivity index (χ2n) is 5.74. The topological polar surface area (TPSA) is 29.1 Å². The fourth-order valence-electron chi connectivity index (χ4n) is 2.63. The van der Waals surface area contributed by atoms with E-state index in [0.717, 1.165) is 23.4 Å². The van der Waals surface area contributed by atoms with E-state index < -0.39 is 0 Å². The molecule has 1 aromatic rings. The van der Waals surface area contributed by atoms with E-state index in [1.807, 2.05) is 24.3 Å². The molecule has 0 aliphatic heterocycles. The van der Waals surface area contributed by atoms with E-state index in [2.05, 4.69) is 26.1 Å². The van der Waals surface area contributed by atoms with Gasteiger partial charge in [-0.1, -0.05) is 50.6 Å². The van der Waals surface area contributed by atoms with Crippen LogP contribution in [0.15, 0.2) is 24.3 Å². The number of hydrogen-bond donors (Lipinski definition) is 1. The summed E-state index contributed by atoms with van der Waals surface area (Å²) in [5, 5.41) is 3.94. The molecule has 3 unspecified atom stereocenters. The smallest absolute Gasteiger partial charge is 0.223 e. The average Bonchev–Trinajstić information content (AvgIpc) is 3.16. The Morgan fingerprint density at radius 2 is 2.11 bits per heavy atom. The van der Waals surface area contributed by atoms with E-state index in [1.54, 1.807) is 0 Å². The van der Waals surface area contributed by atoms with Gasteiger partial charge in [0.15, 0.2) is 0 Å². The first-order valence-electron chi connectivity index (χ1n) is 7.09. The van der Waals surface area contributed by atoms with Gasteiger partial charge in [0.2, 0.25) is 5.91 Å². The second kappa shape index (κ2) is 5.96. The number of hydrogen-bond acceptors (Lipinski definition) is 1. The van der Waals surface area contributed by atoms with Crippen molar-refractivity contribution >= 4 is 17.5 Å². The summed E-state index contributed by atoms with van der Waals surface area (Å²) >= 11 is 6.18. The molecule has 1 saturated carbocycles. The molecule has 1 fully saturated rings. The molecule has 0 heterocycles. The maximum absolute atomic E-state index is 12.2. The first-order chi connectivity index (χ1) is 9.04. The van der Waals surface area contributed by atoms with E-state index in [-0.39, 0.29) is 17.9 Å². The number of carbonyl (C=O) groups excluding carboxylic acids is 1. The zero-order valence-electron chi connectivity index (χ0n) is 11.8. The van der Waals surface area contributed by atoms with Crippen LogP contribution in [-0.4, -0.2) is 11.9 Å². The predicted octanol–water partition coefficient (Wildman–Crippen LogP) is 3.99. The molecule has 2 rings (SSSR count). The second-order valence-corrected chi connectivity index (χ2v) is 6.14. The maximum Gasteiger partial charge on any atom is 0.223 e.